The molecule has 0 fully saturated rings. The summed E-state index contributed by atoms with van der Waals surface area (Å²) in [5.74, 6) is 0.681. The van der Waals surface area contributed by atoms with E-state index in [1.165, 1.54) is 10.2 Å². The van der Waals surface area contributed by atoms with Gasteiger partial charge in [-0.05, 0) is 36.8 Å². The van der Waals surface area contributed by atoms with Crippen molar-refractivity contribution in [2.24, 2.45) is 5.10 Å². The van der Waals surface area contributed by atoms with E-state index in [0.717, 1.165) is 33.2 Å². The summed E-state index contributed by atoms with van der Waals surface area (Å²) in [6.07, 6.45) is 1.80. The van der Waals surface area contributed by atoms with Crippen LogP contribution in [-0.2, 0) is 6.54 Å². The molecule has 2 heterocycles. The van der Waals surface area contributed by atoms with Gasteiger partial charge in [0.2, 0.25) is 0 Å². The summed E-state index contributed by atoms with van der Waals surface area (Å²) in [4.78, 5) is 18.2. The number of fused-ring (bicyclic) bond motifs is 2. The maximum atomic E-state index is 13.4. The Morgan fingerprint density at radius 2 is 1.74 bits per heavy atom. The van der Waals surface area contributed by atoms with E-state index in [2.05, 4.69) is 69.9 Å². The van der Waals surface area contributed by atoms with Crippen LogP contribution in [0.1, 0.15) is 42.4 Å². The van der Waals surface area contributed by atoms with Crippen LogP contribution in [-0.4, -0.2) is 20.4 Å². The van der Waals surface area contributed by atoms with Gasteiger partial charge in [0.1, 0.15) is 5.82 Å². The van der Waals surface area contributed by atoms with Crippen LogP contribution in [0.2, 0.25) is 0 Å². The van der Waals surface area contributed by atoms with Crippen molar-refractivity contribution in [1.82, 2.24) is 14.2 Å². The van der Waals surface area contributed by atoms with Crippen LogP contribution in [0.4, 0.5) is 0 Å². The molecule has 0 radical (unpaired) electrons. The van der Waals surface area contributed by atoms with E-state index < -0.39 is 0 Å². The first kappa shape index (κ1) is 22.3. The normalized spacial score (nSPS) is 11.9. The molecule has 0 aliphatic heterocycles. The fraction of sp³-hybridized carbons (Fsp3) is 0.179. The number of benzene rings is 3. The minimum Gasteiger partial charge on any atom is -0.340 e. The highest BCUT2D eigenvalue weighted by atomic mass is 79.9. The van der Waals surface area contributed by atoms with Gasteiger partial charge in [0.15, 0.2) is 0 Å². The van der Waals surface area contributed by atoms with Gasteiger partial charge < -0.3 is 4.57 Å². The minimum atomic E-state index is -0.170. The summed E-state index contributed by atoms with van der Waals surface area (Å²) in [5.41, 5.74) is 4.99. The van der Waals surface area contributed by atoms with Gasteiger partial charge in [-0.2, -0.15) is 9.78 Å². The Labute approximate surface area is 206 Å². The van der Waals surface area contributed by atoms with E-state index in [9.17, 15) is 4.79 Å². The summed E-state index contributed by atoms with van der Waals surface area (Å²) in [6, 6.07) is 24.3. The third-order valence-corrected chi connectivity index (χ3v) is 6.61. The Kier molecular flexibility index (Phi) is 5.92. The Hall–Kier alpha value is -3.51. The Bertz CT molecular complexity index is 1600. The standard InChI is InChI=1S/C28H25BrN4O/c1-18(2)27-31-25-14-13-21(29)15-23(25)28(34)33(27)30-16-24-19(3)32(17-20-9-5-4-6-10-20)26-12-8-7-11-22(24)26/h4-16,18H,17H2,1-3H3. The largest absolute Gasteiger partial charge is 0.340 e. The van der Waals surface area contributed by atoms with Gasteiger partial charge in [-0.3, -0.25) is 4.79 Å². The van der Waals surface area contributed by atoms with Crippen molar-refractivity contribution >= 4 is 44.0 Å². The molecule has 2 aromatic heterocycles. The average molecular weight is 513 g/mol. The van der Waals surface area contributed by atoms with Crippen LogP contribution in [0, 0.1) is 6.92 Å². The molecule has 0 bridgehead atoms. The third-order valence-electron chi connectivity index (χ3n) is 6.12. The van der Waals surface area contributed by atoms with Crippen LogP contribution >= 0.6 is 15.9 Å². The maximum Gasteiger partial charge on any atom is 0.282 e. The monoisotopic (exact) mass is 512 g/mol. The third kappa shape index (κ3) is 3.99. The SMILES string of the molecule is Cc1c(C=Nn2c(C(C)C)nc3ccc(Br)cc3c2=O)c2ccccc2n1Cc1ccccc1. The molecule has 5 aromatic rings. The fourth-order valence-corrected chi connectivity index (χ4v) is 4.72. The first-order chi connectivity index (χ1) is 16.4. The summed E-state index contributed by atoms with van der Waals surface area (Å²) in [6.45, 7) is 6.92. The molecular weight excluding hydrogens is 488 g/mol. The molecule has 5 rings (SSSR count). The molecule has 5 nitrogen and oxygen atoms in total. The van der Waals surface area contributed by atoms with Crippen molar-refractivity contribution < 1.29 is 0 Å². The smallest absolute Gasteiger partial charge is 0.282 e. The van der Waals surface area contributed by atoms with Crippen LogP contribution < -0.4 is 5.56 Å². The van der Waals surface area contributed by atoms with Crippen molar-refractivity contribution in [1.29, 1.82) is 0 Å². The zero-order valence-electron chi connectivity index (χ0n) is 19.4. The number of para-hydroxylation sites is 1. The molecular formula is C28H25BrN4O. The van der Waals surface area contributed by atoms with E-state index >= 15 is 0 Å². The van der Waals surface area contributed by atoms with E-state index in [4.69, 9.17) is 10.1 Å². The number of nitrogens with zero attached hydrogens (tertiary/aromatic N) is 4. The number of hydrogen-bond acceptors (Lipinski definition) is 3. The van der Waals surface area contributed by atoms with Crippen molar-refractivity contribution in [3.05, 3.63) is 110 Å². The van der Waals surface area contributed by atoms with Gasteiger partial charge in [0.05, 0.1) is 17.1 Å². The number of aromatic nitrogens is 3. The molecule has 0 N–H and O–H groups in total. The molecule has 0 atom stereocenters. The molecule has 0 amide bonds. The molecule has 0 saturated carbocycles. The van der Waals surface area contributed by atoms with Gasteiger partial charge in [-0.25, -0.2) is 4.98 Å². The van der Waals surface area contributed by atoms with Crippen molar-refractivity contribution in [2.75, 3.05) is 0 Å². The first-order valence-corrected chi connectivity index (χ1v) is 12.1. The second-order valence-corrected chi connectivity index (χ2v) is 9.65. The summed E-state index contributed by atoms with van der Waals surface area (Å²) in [5, 5.41) is 6.34. The minimum absolute atomic E-state index is 0.0402. The highest BCUT2D eigenvalue weighted by Crippen LogP contribution is 2.26. The molecule has 170 valence electrons. The summed E-state index contributed by atoms with van der Waals surface area (Å²) >= 11 is 3.46. The highest BCUT2D eigenvalue weighted by molar-refractivity contribution is 9.10. The Morgan fingerprint density at radius 3 is 2.50 bits per heavy atom. The van der Waals surface area contributed by atoms with E-state index in [-0.39, 0.29) is 11.5 Å². The lowest BCUT2D eigenvalue weighted by atomic mass is 10.1. The van der Waals surface area contributed by atoms with Gasteiger partial charge >= 0.3 is 0 Å². The van der Waals surface area contributed by atoms with Crippen molar-refractivity contribution in [2.45, 2.75) is 33.2 Å². The predicted molar refractivity (Wildman–Crippen MR) is 143 cm³/mol. The molecule has 0 aliphatic rings. The van der Waals surface area contributed by atoms with Crippen molar-refractivity contribution in [3.8, 4) is 0 Å². The Balaban J connectivity index is 1.67. The summed E-state index contributed by atoms with van der Waals surface area (Å²) in [7, 11) is 0. The fourth-order valence-electron chi connectivity index (χ4n) is 4.36. The second-order valence-electron chi connectivity index (χ2n) is 8.74. The lowest BCUT2D eigenvalue weighted by Gasteiger charge is -2.12. The van der Waals surface area contributed by atoms with E-state index in [1.807, 2.05) is 38.1 Å². The number of halogens is 1. The lowest BCUT2D eigenvalue weighted by molar-refractivity contribution is 0.665. The lowest BCUT2D eigenvalue weighted by Crippen LogP contribution is -2.23. The zero-order valence-corrected chi connectivity index (χ0v) is 21.0. The van der Waals surface area contributed by atoms with E-state index in [1.54, 1.807) is 12.3 Å². The van der Waals surface area contributed by atoms with E-state index in [0.29, 0.717) is 16.7 Å². The van der Waals surface area contributed by atoms with Gasteiger partial charge in [-0.15, -0.1) is 0 Å². The first-order valence-electron chi connectivity index (χ1n) is 11.3. The topological polar surface area (TPSA) is 52.2 Å². The average Bonchev–Trinajstić information content (AvgIpc) is 3.10. The Morgan fingerprint density at radius 1 is 1.00 bits per heavy atom. The highest BCUT2D eigenvalue weighted by Gasteiger charge is 2.16. The maximum absolute atomic E-state index is 13.4. The summed E-state index contributed by atoms with van der Waals surface area (Å²) < 4.78 is 4.59. The molecule has 0 spiro atoms. The van der Waals surface area contributed by atoms with Crippen molar-refractivity contribution in [3.63, 3.8) is 0 Å². The van der Waals surface area contributed by atoms with Gasteiger partial charge in [0.25, 0.3) is 5.56 Å². The van der Waals surface area contributed by atoms with Crippen LogP contribution in [0.5, 0.6) is 0 Å². The second kappa shape index (κ2) is 9.03. The quantitative estimate of drug-likeness (QED) is 0.253. The van der Waals surface area contributed by atoms with Crippen LogP contribution in [0.15, 0.2) is 87.2 Å². The molecule has 3 aromatic carbocycles. The molecule has 6 heteroatoms. The number of rotatable bonds is 5. The molecule has 0 aliphatic carbocycles. The molecule has 34 heavy (non-hydrogen) atoms. The van der Waals surface area contributed by atoms with Crippen LogP contribution in [0.3, 0.4) is 0 Å². The molecule has 0 unspecified atom stereocenters. The van der Waals surface area contributed by atoms with Gasteiger partial charge in [-0.1, -0.05) is 78.3 Å². The molecule has 0 saturated heterocycles. The zero-order chi connectivity index (χ0) is 23.8. The number of hydrogen-bond donors (Lipinski definition) is 0. The van der Waals surface area contributed by atoms with Crippen LogP contribution in [0.25, 0.3) is 21.8 Å². The predicted octanol–water partition coefficient (Wildman–Crippen LogP) is 6.48. The van der Waals surface area contributed by atoms with Gasteiger partial charge in [0, 0.05) is 39.1 Å².